The van der Waals surface area contributed by atoms with E-state index in [9.17, 15) is 9.59 Å². The Morgan fingerprint density at radius 3 is 2.40 bits per heavy atom. The quantitative estimate of drug-likeness (QED) is 0.278. The molecule has 1 aromatic heterocycles. The maximum Gasteiger partial charge on any atom is 0.343 e. The highest BCUT2D eigenvalue weighted by atomic mass is 16.6. The highest BCUT2D eigenvalue weighted by Crippen LogP contribution is 2.28. The van der Waals surface area contributed by atoms with Crippen LogP contribution in [0.3, 0.4) is 0 Å². The molecule has 0 spiro atoms. The number of carbonyl (C=O) groups is 2. The molecule has 3 aromatic rings. The van der Waals surface area contributed by atoms with Gasteiger partial charge in [0.25, 0.3) is 5.91 Å². The monoisotopic (exact) mass is 408 g/mol. The molecule has 0 aliphatic carbocycles. The lowest BCUT2D eigenvalue weighted by atomic mass is 10.2. The van der Waals surface area contributed by atoms with Crippen molar-refractivity contribution >= 4 is 18.1 Å². The van der Waals surface area contributed by atoms with Crippen LogP contribution in [-0.2, 0) is 0 Å². The van der Waals surface area contributed by atoms with Crippen LogP contribution in [-0.4, -0.2) is 32.3 Å². The molecule has 0 aliphatic heterocycles. The third-order valence-corrected chi connectivity index (χ3v) is 4.20. The normalized spacial score (nSPS) is 10.6. The van der Waals surface area contributed by atoms with Crippen LogP contribution in [0.5, 0.6) is 17.2 Å². The summed E-state index contributed by atoms with van der Waals surface area (Å²) in [6.07, 6.45) is 2.88. The number of nitrogens with one attached hydrogen (secondary N) is 1. The molecule has 3 rings (SSSR count). The number of hydrogen-bond donors (Lipinski definition) is 1. The second kappa shape index (κ2) is 9.42. The van der Waals surface area contributed by atoms with E-state index in [4.69, 9.17) is 18.6 Å². The largest absolute Gasteiger partial charge is 0.497 e. The van der Waals surface area contributed by atoms with Crippen LogP contribution in [0.4, 0.5) is 0 Å². The summed E-state index contributed by atoms with van der Waals surface area (Å²) in [7, 11) is 3.01. The molecule has 1 N–H and O–H groups in total. The maximum absolute atomic E-state index is 12.4. The molecule has 1 amide bonds. The lowest BCUT2D eigenvalue weighted by Crippen LogP contribution is -2.17. The van der Waals surface area contributed by atoms with Crippen molar-refractivity contribution in [1.82, 2.24) is 5.43 Å². The van der Waals surface area contributed by atoms with Crippen LogP contribution < -0.4 is 19.6 Å². The lowest BCUT2D eigenvalue weighted by Gasteiger charge is -2.10. The summed E-state index contributed by atoms with van der Waals surface area (Å²) in [5.74, 6) is 0.844. The van der Waals surface area contributed by atoms with Crippen LogP contribution in [0.25, 0.3) is 0 Å². The number of nitrogens with zero attached hydrogens (tertiary/aromatic N) is 1. The Bertz CT molecular complexity index is 1070. The van der Waals surface area contributed by atoms with E-state index in [-0.39, 0.29) is 11.7 Å². The third-order valence-electron chi connectivity index (χ3n) is 4.20. The molecular formula is C22H20N2O6. The van der Waals surface area contributed by atoms with Crippen molar-refractivity contribution in [2.45, 2.75) is 6.92 Å². The van der Waals surface area contributed by atoms with E-state index in [0.717, 1.165) is 0 Å². The van der Waals surface area contributed by atoms with E-state index >= 15 is 0 Å². The first-order valence-electron chi connectivity index (χ1n) is 8.93. The third kappa shape index (κ3) is 4.85. The van der Waals surface area contributed by atoms with Gasteiger partial charge in [0, 0.05) is 0 Å². The first-order valence-corrected chi connectivity index (χ1v) is 8.93. The lowest BCUT2D eigenvalue weighted by molar-refractivity contribution is 0.0729. The zero-order valence-corrected chi connectivity index (χ0v) is 16.7. The van der Waals surface area contributed by atoms with Crippen molar-refractivity contribution in [2.24, 2.45) is 5.10 Å². The zero-order valence-electron chi connectivity index (χ0n) is 16.7. The van der Waals surface area contributed by atoms with Gasteiger partial charge in [-0.3, -0.25) is 4.79 Å². The average molecular weight is 408 g/mol. The molecule has 0 bridgehead atoms. The molecule has 0 atom stereocenters. The van der Waals surface area contributed by atoms with Gasteiger partial charge in [0.1, 0.15) is 11.5 Å². The van der Waals surface area contributed by atoms with Crippen LogP contribution in [0.15, 0.2) is 64.3 Å². The smallest absolute Gasteiger partial charge is 0.343 e. The van der Waals surface area contributed by atoms with Gasteiger partial charge in [-0.1, -0.05) is 0 Å². The van der Waals surface area contributed by atoms with E-state index in [2.05, 4.69) is 10.5 Å². The Morgan fingerprint density at radius 2 is 1.77 bits per heavy atom. The summed E-state index contributed by atoms with van der Waals surface area (Å²) >= 11 is 0. The average Bonchev–Trinajstić information content (AvgIpc) is 3.20. The van der Waals surface area contributed by atoms with Gasteiger partial charge >= 0.3 is 5.97 Å². The Morgan fingerprint density at radius 1 is 1.00 bits per heavy atom. The van der Waals surface area contributed by atoms with Gasteiger partial charge in [0.2, 0.25) is 0 Å². The zero-order chi connectivity index (χ0) is 21.5. The minimum Gasteiger partial charge on any atom is -0.497 e. The molecule has 8 nitrogen and oxygen atoms in total. The van der Waals surface area contributed by atoms with E-state index in [0.29, 0.717) is 33.9 Å². The summed E-state index contributed by atoms with van der Waals surface area (Å²) in [6, 6.07) is 13.0. The summed E-state index contributed by atoms with van der Waals surface area (Å²) in [5, 5.41) is 3.93. The van der Waals surface area contributed by atoms with Gasteiger partial charge in [0.15, 0.2) is 11.5 Å². The number of carbonyl (C=O) groups excluding carboxylic acids is 2. The van der Waals surface area contributed by atoms with Crippen molar-refractivity contribution < 1.29 is 28.2 Å². The molecule has 8 heteroatoms. The minimum atomic E-state index is -0.528. The van der Waals surface area contributed by atoms with E-state index in [1.54, 1.807) is 62.6 Å². The number of ether oxygens (including phenoxy) is 3. The van der Waals surface area contributed by atoms with Crippen molar-refractivity contribution in [1.29, 1.82) is 0 Å². The molecule has 2 aromatic carbocycles. The van der Waals surface area contributed by atoms with Gasteiger partial charge in [-0.15, -0.1) is 0 Å². The van der Waals surface area contributed by atoms with E-state index < -0.39 is 5.97 Å². The van der Waals surface area contributed by atoms with Crippen molar-refractivity contribution in [3.63, 3.8) is 0 Å². The summed E-state index contributed by atoms with van der Waals surface area (Å²) in [5.41, 5.74) is 3.85. The Balaban J connectivity index is 1.67. The number of hydrogen-bond acceptors (Lipinski definition) is 7. The molecule has 30 heavy (non-hydrogen) atoms. The fraction of sp³-hybridized carbons (Fsp3) is 0.136. The van der Waals surface area contributed by atoms with E-state index in [1.807, 2.05) is 0 Å². The summed E-state index contributed by atoms with van der Waals surface area (Å²) < 4.78 is 20.9. The highest BCUT2D eigenvalue weighted by Gasteiger charge is 2.13. The van der Waals surface area contributed by atoms with Crippen molar-refractivity contribution in [3.8, 4) is 17.2 Å². The molecule has 154 valence electrons. The first kappa shape index (κ1) is 20.7. The SMILES string of the molecule is COc1ccc(C(=O)Oc2ccc(/C=N/NC(=O)c3ccoc3C)cc2OC)cc1. The first-order chi connectivity index (χ1) is 14.5. The van der Waals surface area contributed by atoms with Crippen LogP contribution in [0, 0.1) is 6.92 Å². The summed E-state index contributed by atoms with van der Waals surface area (Å²) in [4.78, 5) is 24.4. The topological polar surface area (TPSA) is 99.4 Å². The van der Waals surface area contributed by atoms with E-state index in [1.165, 1.54) is 19.6 Å². The molecule has 0 fully saturated rings. The Labute approximate surface area is 173 Å². The van der Waals surface area contributed by atoms with Gasteiger partial charge in [-0.25, -0.2) is 10.2 Å². The van der Waals surface area contributed by atoms with Crippen LogP contribution >= 0.6 is 0 Å². The minimum absolute atomic E-state index is 0.258. The molecule has 0 unspecified atom stereocenters. The molecule has 0 aliphatic rings. The van der Waals surface area contributed by atoms with Gasteiger partial charge in [-0.05, 0) is 61.0 Å². The fourth-order valence-corrected chi connectivity index (χ4v) is 2.58. The number of methoxy groups -OCH3 is 2. The van der Waals surface area contributed by atoms with Crippen molar-refractivity contribution in [3.05, 3.63) is 77.2 Å². The van der Waals surface area contributed by atoms with Crippen LogP contribution in [0.2, 0.25) is 0 Å². The summed E-state index contributed by atoms with van der Waals surface area (Å²) in [6.45, 7) is 1.69. The molecular weight excluding hydrogens is 388 g/mol. The molecule has 0 saturated heterocycles. The molecule has 1 heterocycles. The Hall–Kier alpha value is -4.07. The number of hydrazone groups is 1. The van der Waals surface area contributed by atoms with Gasteiger partial charge < -0.3 is 18.6 Å². The second-order valence-electron chi connectivity index (χ2n) is 6.12. The predicted octanol–water partition coefficient (Wildman–Crippen LogP) is 3.59. The number of esters is 1. The predicted molar refractivity (Wildman–Crippen MR) is 109 cm³/mol. The number of rotatable bonds is 7. The fourth-order valence-electron chi connectivity index (χ4n) is 2.58. The Kier molecular flexibility index (Phi) is 6.49. The van der Waals surface area contributed by atoms with Gasteiger partial charge in [0.05, 0.1) is 37.8 Å². The number of benzene rings is 2. The number of aryl methyl sites for hydroxylation is 1. The van der Waals surface area contributed by atoms with Gasteiger partial charge in [-0.2, -0.15) is 5.10 Å². The standard InChI is InChI=1S/C22H20N2O6/c1-14-18(10-11-29-14)21(25)24-23-13-15-4-9-19(20(12-15)28-3)30-22(26)16-5-7-17(27-2)8-6-16/h4-13H,1-3H3,(H,24,25)/b23-13+. The second-order valence-corrected chi connectivity index (χ2v) is 6.12. The van der Waals surface area contributed by atoms with Crippen LogP contribution in [0.1, 0.15) is 32.0 Å². The molecule has 0 saturated carbocycles. The van der Waals surface area contributed by atoms with Crippen molar-refractivity contribution in [2.75, 3.05) is 14.2 Å². The highest BCUT2D eigenvalue weighted by molar-refractivity contribution is 5.95. The number of amides is 1. The maximum atomic E-state index is 12.4. The molecule has 0 radical (unpaired) electrons. The number of furan rings is 1.